The molecule has 1 aliphatic rings. The van der Waals surface area contributed by atoms with Crippen molar-refractivity contribution in [1.82, 2.24) is 19.4 Å². The monoisotopic (exact) mass is 512 g/mol. The summed E-state index contributed by atoms with van der Waals surface area (Å²) in [5, 5.41) is 1.82. The Kier molecular flexibility index (Phi) is 6.86. The zero-order valence-electron chi connectivity index (χ0n) is 17.2. The second-order valence-corrected chi connectivity index (χ2v) is 9.26. The van der Waals surface area contributed by atoms with Gasteiger partial charge in [0, 0.05) is 49.6 Å². The predicted octanol–water partition coefficient (Wildman–Crippen LogP) is 4.93. The lowest BCUT2D eigenvalue weighted by Gasteiger charge is -2.34. The van der Waals surface area contributed by atoms with Crippen LogP contribution in [0.15, 0.2) is 30.3 Å². The van der Waals surface area contributed by atoms with Crippen molar-refractivity contribution in [2.24, 2.45) is 0 Å². The second kappa shape index (κ2) is 9.48. The van der Waals surface area contributed by atoms with Crippen molar-refractivity contribution in [3.05, 3.63) is 61.8 Å². The minimum atomic E-state index is -0.0647. The van der Waals surface area contributed by atoms with Crippen molar-refractivity contribution in [3.8, 4) is 0 Å². The molecule has 4 rings (SSSR count). The van der Waals surface area contributed by atoms with Crippen LogP contribution in [0.2, 0.25) is 20.1 Å². The Morgan fingerprint density at radius 3 is 2.12 bits per heavy atom. The molecule has 0 atom stereocenters. The van der Waals surface area contributed by atoms with Gasteiger partial charge >= 0.3 is 0 Å². The standard InChI is InChI=1S/C22H20Cl4N4O2/c1-13(31)28-5-7-29(8-6-28)22(32)12-30-20-11-18(26)17(25)10-19(20)27-21(30)9-14-15(23)3-2-4-16(14)24/h2-4,10-11H,5-9,12H2,1H3. The normalized spacial score (nSPS) is 14.3. The van der Waals surface area contributed by atoms with E-state index in [4.69, 9.17) is 51.4 Å². The third-order valence-corrected chi connectivity index (χ3v) is 7.07. The molecule has 0 N–H and O–H groups in total. The number of nitrogens with zero attached hydrogens (tertiary/aromatic N) is 4. The molecule has 0 saturated carbocycles. The number of piperazine rings is 1. The Bertz CT molecular complexity index is 1180. The van der Waals surface area contributed by atoms with E-state index in [2.05, 4.69) is 0 Å². The summed E-state index contributed by atoms with van der Waals surface area (Å²) in [4.78, 5) is 32.9. The highest BCUT2D eigenvalue weighted by molar-refractivity contribution is 6.42. The van der Waals surface area contributed by atoms with Gasteiger partial charge in [0.2, 0.25) is 11.8 Å². The molecule has 0 unspecified atom stereocenters. The summed E-state index contributed by atoms with van der Waals surface area (Å²) in [6.07, 6.45) is 0.341. The van der Waals surface area contributed by atoms with Crippen LogP contribution in [0.3, 0.4) is 0 Å². The highest BCUT2D eigenvalue weighted by atomic mass is 35.5. The largest absolute Gasteiger partial charge is 0.339 e. The fraction of sp³-hybridized carbons (Fsp3) is 0.318. The van der Waals surface area contributed by atoms with E-state index >= 15 is 0 Å². The number of benzene rings is 2. The zero-order valence-corrected chi connectivity index (χ0v) is 20.3. The average Bonchev–Trinajstić information content (AvgIpc) is 3.07. The van der Waals surface area contributed by atoms with Crippen LogP contribution in [-0.2, 0) is 22.6 Å². The van der Waals surface area contributed by atoms with E-state index in [0.717, 1.165) is 5.56 Å². The summed E-state index contributed by atoms with van der Waals surface area (Å²) in [6.45, 7) is 3.64. The van der Waals surface area contributed by atoms with Crippen LogP contribution in [0.5, 0.6) is 0 Å². The first-order chi connectivity index (χ1) is 15.2. The first kappa shape index (κ1) is 23.2. The van der Waals surface area contributed by atoms with Crippen molar-refractivity contribution in [3.63, 3.8) is 0 Å². The molecule has 6 nitrogen and oxygen atoms in total. The maximum Gasteiger partial charge on any atom is 0.242 e. The SMILES string of the molecule is CC(=O)N1CCN(C(=O)Cn2c(Cc3c(Cl)cccc3Cl)nc3cc(Cl)c(Cl)cc32)CC1. The number of aromatic nitrogens is 2. The smallest absolute Gasteiger partial charge is 0.242 e. The lowest BCUT2D eigenvalue weighted by molar-refractivity contribution is -0.138. The number of carbonyl (C=O) groups is 2. The van der Waals surface area contributed by atoms with Crippen LogP contribution in [-0.4, -0.2) is 57.3 Å². The molecule has 0 bridgehead atoms. The first-order valence-electron chi connectivity index (χ1n) is 10.0. The molecular weight excluding hydrogens is 494 g/mol. The van der Waals surface area contributed by atoms with Gasteiger partial charge in [0.15, 0.2) is 0 Å². The molecule has 0 radical (unpaired) electrons. The molecule has 1 aromatic heterocycles. The molecule has 168 valence electrons. The highest BCUT2D eigenvalue weighted by Gasteiger charge is 2.24. The number of hydrogen-bond donors (Lipinski definition) is 0. The number of rotatable bonds is 4. The number of fused-ring (bicyclic) bond motifs is 1. The van der Waals surface area contributed by atoms with Crippen molar-refractivity contribution < 1.29 is 9.59 Å². The Morgan fingerprint density at radius 2 is 1.50 bits per heavy atom. The summed E-state index contributed by atoms with van der Waals surface area (Å²) < 4.78 is 1.83. The molecule has 0 spiro atoms. The van der Waals surface area contributed by atoms with Gasteiger partial charge in [0.25, 0.3) is 0 Å². The number of imidazole rings is 1. The fourth-order valence-electron chi connectivity index (χ4n) is 3.85. The van der Waals surface area contributed by atoms with E-state index in [0.29, 0.717) is 69.5 Å². The summed E-state index contributed by atoms with van der Waals surface area (Å²) in [5.74, 6) is 0.581. The molecule has 1 aliphatic heterocycles. The number of halogens is 4. The molecule has 1 saturated heterocycles. The van der Waals surface area contributed by atoms with Crippen LogP contribution >= 0.6 is 46.4 Å². The first-order valence-corrected chi connectivity index (χ1v) is 11.6. The molecule has 2 aromatic carbocycles. The van der Waals surface area contributed by atoms with E-state index in [1.54, 1.807) is 40.1 Å². The molecule has 2 heterocycles. The van der Waals surface area contributed by atoms with Crippen molar-refractivity contribution in [1.29, 1.82) is 0 Å². The van der Waals surface area contributed by atoms with Crippen molar-refractivity contribution in [2.75, 3.05) is 26.2 Å². The fourth-order valence-corrected chi connectivity index (χ4v) is 4.69. The minimum absolute atomic E-state index is 0.0168. The molecular formula is C22H20Cl4N4O2. The van der Waals surface area contributed by atoms with Gasteiger partial charge in [0.05, 0.1) is 21.1 Å². The van der Waals surface area contributed by atoms with Crippen LogP contribution in [0, 0.1) is 0 Å². The maximum absolute atomic E-state index is 13.1. The number of amides is 2. The molecule has 1 fully saturated rings. The topological polar surface area (TPSA) is 58.4 Å². The van der Waals surface area contributed by atoms with Gasteiger partial charge in [-0.1, -0.05) is 52.5 Å². The van der Waals surface area contributed by atoms with E-state index in [-0.39, 0.29) is 18.4 Å². The minimum Gasteiger partial charge on any atom is -0.339 e. The van der Waals surface area contributed by atoms with E-state index in [1.165, 1.54) is 6.92 Å². The molecule has 3 aromatic rings. The Balaban J connectivity index is 1.67. The van der Waals surface area contributed by atoms with Gasteiger partial charge in [-0.15, -0.1) is 0 Å². The quantitative estimate of drug-likeness (QED) is 0.497. The molecule has 10 heteroatoms. The Hall–Kier alpha value is -1.99. The lowest BCUT2D eigenvalue weighted by Crippen LogP contribution is -2.50. The highest BCUT2D eigenvalue weighted by Crippen LogP contribution is 2.31. The maximum atomic E-state index is 13.1. The second-order valence-electron chi connectivity index (χ2n) is 7.63. The average molecular weight is 514 g/mol. The van der Waals surface area contributed by atoms with E-state index in [1.807, 2.05) is 4.57 Å². The summed E-state index contributed by atoms with van der Waals surface area (Å²) in [5.41, 5.74) is 2.06. The zero-order chi connectivity index (χ0) is 23.0. The summed E-state index contributed by atoms with van der Waals surface area (Å²) in [7, 11) is 0. The van der Waals surface area contributed by atoms with Crippen LogP contribution in [0.25, 0.3) is 11.0 Å². The van der Waals surface area contributed by atoms with E-state index in [9.17, 15) is 9.59 Å². The van der Waals surface area contributed by atoms with Gasteiger partial charge in [0.1, 0.15) is 12.4 Å². The Morgan fingerprint density at radius 1 is 0.906 bits per heavy atom. The summed E-state index contributed by atoms with van der Waals surface area (Å²) in [6, 6.07) is 8.71. The van der Waals surface area contributed by atoms with Gasteiger partial charge in [-0.05, 0) is 29.8 Å². The molecule has 2 amide bonds. The predicted molar refractivity (Wildman–Crippen MR) is 128 cm³/mol. The number of carbonyl (C=O) groups excluding carboxylic acids is 2. The van der Waals surface area contributed by atoms with E-state index < -0.39 is 0 Å². The van der Waals surface area contributed by atoms with Gasteiger partial charge < -0.3 is 14.4 Å². The third kappa shape index (κ3) is 4.69. The summed E-state index contributed by atoms with van der Waals surface area (Å²) >= 11 is 25.2. The van der Waals surface area contributed by atoms with Gasteiger partial charge in [-0.25, -0.2) is 4.98 Å². The number of hydrogen-bond acceptors (Lipinski definition) is 3. The Labute approximate surface area is 205 Å². The van der Waals surface area contributed by atoms with Crippen molar-refractivity contribution >= 4 is 69.3 Å². The van der Waals surface area contributed by atoms with Crippen LogP contribution in [0.1, 0.15) is 18.3 Å². The van der Waals surface area contributed by atoms with Gasteiger partial charge in [-0.2, -0.15) is 0 Å². The molecule has 0 aliphatic carbocycles. The van der Waals surface area contributed by atoms with Crippen molar-refractivity contribution in [2.45, 2.75) is 19.9 Å². The van der Waals surface area contributed by atoms with Crippen LogP contribution in [0.4, 0.5) is 0 Å². The third-order valence-electron chi connectivity index (χ3n) is 5.64. The molecule has 32 heavy (non-hydrogen) atoms. The van der Waals surface area contributed by atoms with Gasteiger partial charge in [-0.3, -0.25) is 9.59 Å². The lowest BCUT2D eigenvalue weighted by atomic mass is 10.1. The van der Waals surface area contributed by atoms with Crippen LogP contribution < -0.4 is 0 Å².